The molecule has 0 saturated carbocycles. The zero-order chi connectivity index (χ0) is 20.4. The minimum atomic E-state index is 0.00177. The van der Waals surface area contributed by atoms with Crippen LogP contribution < -0.4 is 10.1 Å². The summed E-state index contributed by atoms with van der Waals surface area (Å²) >= 11 is 0. The smallest absolute Gasteiger partial charge is 0.272 e. The first-order chi connectivity index (χ1) is 14.0. The number of amides is 1. The van der Waals surface area contributed by atoms with Gasteiger partial charge in [0.1, 0.15) is 11.4 Å². The van der Waals surface area contributed by atoms with Gasteiger partial charge in [0.25, 0.3) is 5.91 Å². The van der Waals surface area contributed by atoms with Crippen LogP contribution in [0.15, 0.2) is 48.5 Å². The Morgan fingerprint density at radius 2 is 1.93 bits per heavy atom. The molecule has 0 atom stereocenters. The SMILES string of the molecule is COc1ccc2nc(C(=O)N3CCC(C)CC3)cc(Nc3cccc(C)c3)c2c1. The Kier molecular flexibility index (Phi) is 5.38. The highest BCUT2D eigenvalue weighted by Gasteiger charge is 2.23. The fraction of sp³-hybridized carbons (Fsp3) is 0.333. The van der Waals surface area contributed by atoms with Crippen LogP contribution in [0, 0.1) is 12.8 Å². The number of aromatic nitrogens is 1. The van der Waals surface area contributed by atoms with Gasteiger partial charge in [-0.1, -0.05) is 19.1 Å². The molecule has 1 aliphatic heterocycles. The second-order valence-corrected chi connectivity index (χ2v) is 7.91. The molecule has 150 valence electrons. The number of pyridine rings is 1. The molecule has 2 heterocycles. The quantitative estimate of drug-likeness (QED) is 0.669. The van der Waals surface area contributed by atoms with Crippen molar-refractivity contribution in [3.05, 3.63) is 59.8 Å². The summed E-state index contributed by atoms with van der Waals surface area (Å²) in [6, 6.07) is 15.8. The zero-order valence-electron chi connectivity index (χ0n) is 17.2. The number of likely N-dealkylation sites (tertiary alicyclic amines) is 1. The van der Waals surface area contributed by atoms with Gasteiger partial charge in [-0.05, 0) is 67.6 Å². The number of carbonyl (C=O) groups excluding carboxylic acids is 1. The molecule has 0 radical (unpaired) electrons. The predicted octanol–water partition coefficient (Wildman–Crippen LogP) is 5.17. The zero-order valence-corrected chi connectivity index (χ0v) is 17.2. The van der Waals surface area contributed by atoms with Gasteiger partial charge in [-0.3, -0.25) is 4.79 Å². The Bertz CT molecular complexity index is 1040. The van der Waals surface area contributed by atoms with Crippen LogP contribution in [0.5, 0.6) is 5.75 Å². The lowest BCUT2D eigenvalue weighted by atomic mass is 9.99. The maximum absolute atomic E-state index is 13.1. The van der Waals surface area contributed by atoms with E-state index < -0.39 is 0 Å². The number of rotatable bonds is 4. The van der Waals surface area contributed by atoms with Gasteiger partial charge in [0.05, 0.1) is 18.3 Å². The van der Waals surface area contributed by atoms with E-state index in [1.54, 1.807) is 7.11 Å². The molecule has 1 saturated heterocycles. The molecule has 0 aliphatic carbocycles. The lowest BCUT2D eigenvalue weighted by Crippen LogP contribution is -2.38. The Morgan fingerprint density at radius 3 is 2.66 bits per heavy atom. The van der Waals surface area contributed by atoms with Crippen molar-refractivity contribution in [3.63, 3.8) is 0 Å². The molecule has 1 N–H and O–H groups in total. The van der Waals surface area contributed by atoms with Crippen molar-refractivity contribution >= 4 is 28.2 Å². The number of anilines is 2. The van der Waals surface area contributed by atoms with Gasteiger partial charge in [-0.2, -0.15) is 0 Å². The number of piperidine rings is 1. The maximum Gasteiger partial charge on any atom is 0.272 e. The second kappa shape index (κ2) is 8.11. The first-order valence-corrected chi connectivity index (χ1v) is 10.2. The number of hydrogen-bond acceptors (Lipinski definition) is 4. The fourth-order valence-electron chi connectivity index (χ4n) is 3.80. The third-order valence-corrected chi connectivity index (χ3v) is 5.60. The topological polar surface area (TPSA) is 54.5 Å². The molecule has 4 rings (SSSR count). The fourth-order valence-corrected chi connectivity index (χ4v) is 3.80. The van der Waals surface area contributed by atoms with Crippen LogP contribution in [-0.4, -0.2) is 36.0 Å². The molecule has 1 aromatic heterocycles. The van der Waals surface area contributed by atoms with Crippen molar-refractivity contribution < 1.29 is 9.53 Å². The first-order valence-electron chi connectivity index (χ1n) is 10.2. The van der Waals surface area contributed by atoms with Crippen LogP contribution in [0.25, 0.3) is 10.9 Å². The number of nitrogens with zero attached hydrogens (tertiary/aromatic N) is 2. The minimum absolute atomic E-state index is 0.00177. The number of hydrogen-bond donors (Lipinski definition) is 1. The summed E-state index contributed by atoms with van der Waals surface area (Å²) in [5.74, 6) is 1.44. The van der Waals surface area contributed by atoms with Crippen LogP contribution in [-0.2, 0) is 0 Å². The lowest BCUT2D eigenvalue weighted by molar-refractivity contribution is 0.0691. The van der Waals surface area contributed by atoms with E-state index in [2.05, 4.69) is 36.3 Å². The Morgan fingerprint density at radius 1 is 1.14 bits per heavy atom. The van der Waals surface area contributed by atoms with Gasteiger partial charge < -0.3 is 15.0 Å². The highest BCUT2D eigenvalue weighted by Crippen LogP contribution is 2.30. The van der Waals surface area contributed by atoms with Gasteiger partial charge in [-0.25, -0.2) is 4.98 Å². The number of ether oxygens (including phenoxy) is 1. The molecular formula is C24H27N3O2. The van der Waals surface area contributed by atoms with Crippen molar-refractivity contribution in [1.82, 2.24) is 9.88 Å². The van der Waals surface area contributed by atoms with E-state index in [0.29, 0.717) is 11.6 Å². The van der Waals surface area contributed by atoms with Gasteiger partial charge in [0.2, 0.25) is 0 Å². The molecule has 5 heteroatoms. The van der Waals surface area contributed by atoms with Crippen molar-refractivity contribution in [3.8, 4) is 5.75 Å². The van der Waals surface area contributed by atoms with Crippen molar-refractivity contribution in [1.29, 1.82) is 0 Å². The molecule has 1 aliphatic rings. The number of nitrogens with one attached hydrogen (secondary N) is 1. The second-order valence-electron chi connectivity index (χ2n) is 7.91. The highest BCUT2D eigenvalue weighted by molar-refractivity contribution is 6.01. The highest BCUT2D eigenvalue weighted by atomic mass is 16.5. The number of aryl methyl sites for hydroxylation is 1. The van der Waals surface area contributed by atoms with Crippen LogP contribution in [0.3, 0.4) is 0 Å². The summed E-state index contributed by atoms with van der Waals surface area (Å²) in [4.78, 5) is 19.7. The van der Waals surface area contributed by atoms with Crippen molar-refractivity contribution in [2.45, 2.75) is 26.7 Å². The summed E-state index contributed by atoms with van der Waals surface area (Å²) in [5.41, 5.74) is 4.26. The van der Waals surface area contributed by atoms with Crippen molar-refractivity contribution in [2.75, 3.05) is 25.5 Å². The van der Waals surface area contributed by atoms with Gasteiger partial charge >= 0.3 is 0 Å². The molecule has 0 spiro atoms. The van der Waals surface area contributed by atoms with Gasteiger partial charge in [-0.15, -0.1) is 0 Å². The minimum Gasteiger partial charge on any atom is -0.497 e. The average molecular weight is 389 g/mol. The van der Waals surface area contributed by atoms with Crippen LogP contribution >= 0.6 is 0 Å². The lowest BCUT2D eigenvalue weighted by Gasteiger charge is -2.30. The maximum atomic E-state index is 13.1. The van der Waals surface area contributed by atoms with Crippen molar-refractivity contribution in [2.24, 2.45) is 5.92 Å². The van der Waals surface area contributed by atoms with Crippen LogP contribution in [0.1, 0.15) is 35.8 Å². The van der Waals surface area contributed by atoms with Crippen LogP contribution in [0.4, 0.5) is 11.4 Å². The number of carbonyl (C=O) groups is 1. The normalized spacial score (nSPS) is 14.8. The number of fused-ring (bicyclic) bond motifs is 1. The first kappa shape index (κ1) is 19.2. The van der Waals surface area contributed by atoms with E-state index in [1.165, 1.54) is 5.56 Å². The molecule has 29 heavy (non-hydrogen) atoms. The number of methoxy groups -OCH3 is 1. The standard InChI is InChI=1S/C24H27N3O2/c1-16-9-11-27(12-10-16)24(28)23-15-22(25-18-6-4-5-17(2)13-18)20-14-19(29-3)7-8-21(20)26-23/h4-8,13-16H,9-12H2,1-3H3,(H,25,26). The van der Waals surface area contributed by atoms with E-state index in [0.717, 1.165) is 54.0 Å². The Hall–Kier alpha value is -3.08. The molecular weight excluding hydrogens is 362 g/mol. The third-order valence-electron chi connectivity index (χ3n) is 5.60. The van der Waals surface area contributed by atoms with Crippen LogP contribution in [0.2, 0.25) is 0 Å². The Labute approximate surface area is 171 Å². The summed E-state index contributed by atoms with van der Waals surface area (Å²) in [5, 5.41) is 4.40. The van der Waals surface area contributed by atoms with E-state index >= 15 is 0 Å². The molecule has 3 aromatic rings. The number of benzene rings is 2. The molecule has 0 bridgehead atoms. The molecule has 2 aromatic carbocycles. The molecule has 5 nitrogen and oxygen atoms in total. The van der Waals surface area contributed by atoms with E-state index in [4.69, 9.17) is 4.74 Å². The summed E-state index contributed by atoms with van der Waals surface area (Å²) < 4.78 is 5.40. The van der Waals surface area contributed by atoms with Gasteiger partial charge in [0, 0.05) is 24.2 Å². The predicted molar refractivity (Wildman–Crippen MR) is 117 cm³/mol. The van der Waals surface area contributed by atoms with E-state index in [-0.39, 0.29) is 5.91 Å². The molecule has 0 unspecified atom stereocenters. The van der Waals surface area contributed by atoms with E-state index in [1.807, 2.05) is 41.3 Å². The van der Waals surface area contributed by atoms with E-state index in [9.17, 15) is 4.79 Å². The summed E-state index contributed by atoms with van der Waals surface area (Å²) in [6.07, 6.45) is 2.09. The average Bonchev–Trinajstić information content (AvgIpc) is 2.73. The molecule has 1 fully saturated rings. The third kappa shape index (κ3) is 4.19. The summed E-state index contributed by atoms with van der Waals surface area (Å²) in [7, 11) is 1.65. The monoisotopic (exact) mass is 389 g/mol. The summed E-state index contributed by atoms with van der Waals surface area (Å²) in [6.45, 7) is 5.89. The largest absolute Gasteiger partial charge is 0.497 e. The van der Waals surface area contributed by atoms with Gasteiger partial charge in [0.15, 0.2) is 0 Å². The Balaban J connectivity index is 1.75. The molecule has 1 amide bonds.